The number of esters is 1. The van der Waals surface area contributed by atoms with Crippen LogP contribution in [0, 0.1) is 0 Å². The van der Waals surface area contributed by atoms with Crippen molar-refractivity contribution in [3.8, 4) is 0 Å². The van der Waals surface area contributed by atoms with Crippen LogP contribution in [0.2, 0.25) is 0 Å². The highest BCUT2D eigenvalue weighted by molar-refractivity contribution is 5.70. The van der Waals surface area contributed by atoms with Crippen molar-refractivity contribution in [2.75, 3.05) is 13.6 Å². The third-order valence-corrected chi connectivity index (χ3v) is 3.04. The van der Waals surface area contributed by atoms with Crippen LogP contribution in [-0.4, -0.2) is 36.1 Å². The largest absolute Gasteiger partial charge is 0.460 e. The fourth-order valence-electron chi connectivity index (χ4n) is 2.19. The molecule has 1 rings (SSSR count). The normalized spacial score (nSPS) is 18.1. The van der Waals surface area contributed by atoms with Gasteiger partial charge in [-0.05, 0) is 40.7 Å². The van der Waals surface area contributed by atoms with Crippen molar-refractivity contribution in [1.29, 1.82) is 0 Å². The molecule has 0 aromatic rings. The molecule has 0 radical (unpaired) electrons. The Labute approximate surface area is 99.1 Å². The van der Waals surface area contributed by atoms with Crippen molar-refractivity contribution in [2.24, 2.45) is 0 Å². The zero-order chi connectivity index (χ0) is 12.2. The van der Waals surface area contributed by atoms with Crippen molar-refractivity contribution in [1.82, 2.24) is 4.90 Å². The Hall–Kier alpha value is -0.570. The predicted octanol–water partition coefficient (Wildman–Crippen LogP) is 2.59. The van der Waals surface area contributed by atoms with Crippen LogP contribution < -0.4 is 0 Å². The lowest BCUT2D eigenvalue weighted by molar-refractivity contribution is -0.155. The van der Waals surface area contributed by atoms with E-state index in [1.807, 2.05) is 20.8 Å². The molecule has 0 atom stereocenters. The zero-order valence-corrected chi connectivity index (χ0v) is 11.1. The van der Waals surface area contributed by atoms with Gasteiger partial charge in [-0.15, -0.1) is 0 Å². The first-order chi connectivity index (χ1) is 7.38. The lowest BCUT2D eigenvalue weighted by Gasteiger charge is -2.25. The van der Waals surface area contributed by atoms with Crippen LogP contribution in [0.3, 0.4) is 0 Å². The summed E-state index contributed by atoms with van der Waals surface area (Å²) < 4.78 is 5.29. The van der Waals surface area contributed by atoms with Gasteiger partial charge in [-0.25, -0.2) is 0 Å². The van der Waals surface area contributed by atoms with Crippen molar-refractivity contribution in [2.45, 2.75) is 64.5 Å². The molecule has 1 fully saturated rings. The first kappa shape index (κ1) is 13.5. The number of carbonyl (C=O) groups is 1. The van der Waals surface area contributed by atoms with Gasteiger partial charge in [-0.3, -0.25) is 4.79 Å². The Bertz CT molecular complexity index is 227. The summed E-state index contributed by atoms with van der Waals surface area (Å²) in [6, 6.07) is 0.683. The second-order valence-corrected chi connectivity index (χ2v) is 5.76. The molecule has 0 saturated heterocycles. The molecule has 16 heavy (non-hydrogen) atoms. The molecule has 0 bridgehead atoms. The maximum absolute atomic E-state index is 11.5. The highest BCUT2D eigenvalue weighted by Crippen LogP contribution is 2.22. The van der Waals surface area contributed by atoms with Crippen molar-refractivity contribution < 1.29 is 9.53 Å². The summed E-state index contributed by atoms with van der Waals surface area (Å²) in [7, 11) is 2.11. The molecule has 0 aromatic carbocycles. The number of hydrogen-bond donors (Lipinski definition) is 0. The summed E-state index contributed by atoms with van der Waals surface area (Å²) in [5.74, 6) is -0.0858. The monoisotopic (exact) mass is 227 g/mol. The topological polar surface area (TPSA) is 29.5 Å². The van der Waals surface area contributed by atoms with Gasteiger partial charge in [0, 0.05) is 12.6 Å². The molecule has 1 saturated carbocycles. The summed E-state index contributed by atoms with van der Waals surface area (Å²) in [4.78, 5) is 13.8. The van der Waals surface area contributed by atoms with Crippen molar-refractivity contribution in [3.05, 3.63) is 0 Å². The maximum atomic E-state index is 11.5. The van der Waals surface area contributed by atoms with Crippen LogP contribution in [0.1, 0.15) is 52.9 Å². The van der Waals surface area contributed by atoms with Gasteiger partial charge in [-0.2, -0.15) is 0 Å². The summed E-state index contributed by atoms with van der Waals surface area (Å²) in [6.45, 7) is 6.54. The SMILES string of the molecule is CN(CCC(=O)OC(C)(C)C)C1CCCC1. The molecule has 1 aliphatic carbocycles. The lowest BCUT2D eigenvalue weighted by atomic mass is 10.2. The second-order valence-electron chi connectivity index (χ2n) is 5.76. The highest BCUT2D eigenvalue weighted by atomic mass is 16.6. The Morgan fingerprint density at radius 3 is 2.38 bits per heavy atom. The van der Waals surface area contributed by atoms with E-state index in [1.54, 1.807) is 0 Å². The van der Waals surface area contributed by atoms with E-state index in [9.17, 15) is 4.79 Å². The van der Waals surface area contributed by atoms with E-state index in [0.717, 1.165) is 6.54 Å². The quantitative estimate of drug-likeness (QED) is 0.691. The summed E-state index contributed by atoms with van der Waals surface area (Å²) in [5.41, 5.74) is -0.358. The number of carbonyl (C=O) groups excluding carboxylic acids is 1. The van der Waals surface area contributed by atoms with E-state index in [-0.39, 0.29) is 11.6 Å². The minimum Gasteiger partial charge on any atom is -0.460 e. The number of rotatable bonds is 4. The Kier molecular flexibility index (Phi) is 4.78. The van der Waals surface area contributed by atoms with Crippen LogP contribution in [-0.2, 0) is 9.53 Å². The smallest absolute Gasteiger partial charge is 0.307 e. The Morgan fingerprint density at radius 1 is 1.31 bits per heavy atom. The molecular formula is C13H25NO2. The molecule has 0 amide bonds. The molecule has 3 heteroatoms. The van der Waals surface area contributed by atoms with Gasteiger partial charge in [-0.1, -0.05) is 12.8 Å². The number of hydrogen-bond acceptors (Lipinski definition) is 3. The lowest BCUT2D eigenvalue weighted by Crippen LogP contribution is -2.32. The van der Waals surface area contributed by atoms with Gasteiger partial charge < -0.3 is 9.64 Å². The van der Waals surface area contributed by atoms with Gasteiger partial charge in [0.25, 0.3) is 0 Å². The molecule has 3 nitrogen and oxygen atoms in total. The van der Waals surface area contributed by atoms with Gasteiger partial charge in [0.05, 0.1) is 6.42 Å². The van der Waals surface area contributed by atoms with E-state index in [2.05, 4.69) is 11.9 Å². The Balaban J connectivity index is 2.20. The van der Waals surface area contributed by atoms with E-state index < -0.39 is 0 Å². The van der Waals surface area contributed by atoms with E-state index in [0.29, 0.717) is 12.5 Å². The third kappa shape index (κ3) is 4.97. The molecule has 1 aliphatic rings. The minimum absolute atomic E-state index is 0.0858. The average molecular weight is 227 g/mol. The van der Waals surface area contributed by atoms with Gasteiger partial charge in [0.15, 0.2) is 0 Å². The number of ether oxygens (including phenoxy) is 1. The Morgan fingerprint density at radius 2 is 1.88 bits per heavy atom. The fourth-order valence-corrected chi connectivity index (χ4v) is 2.19. The summed E-state index contributed by atoms with van der Waals surface area (Å²) in [6.07, 6.45) is 5.74. The van der Waals surface area contributed by atoms with Crippen LogP contribution in [0.25, 0.3) is 0 Å². The van der Waals surface area contributed by atoms with Gasteiger partial charge in [0.2, 0.25) is 0 Å². The molecule has 0 N–H and O–H groups in total. The molecule has 0 unspecified atom stereocenters. The standard InChI is InChI=1S/C13H25NO2/c1-13(2,3)16-12(15)9-10-14(4)11-7-5-6-8-11/h11H,5-10H2,1-4H3. The van der Waals surface area contributed by atoms with Crippen LogP contribution in [0.5, 0.6) is 0 Å². The van der Waals surface area contributed by atoms with Crippen LogP contribution in [0.15, 0.2) is 0 Å². The maximum Gasteiger partial charge on any atom is 0.307 e. The molecule has 0 aliphatic heterocycles. The van der Waals surface area contributed by atoms with Crippen LogP contribution in [0.4, 0.5) is 0 Å². The number of nitrogens with zero attached hydrogens (tertiary/aromatic N) is 1. The molecule has 0 spiro atoms. The molecule has 94 valence electrons. The predicted molar refractivity (Wildman–Crippen MR) is 65.3 cm³/mol. The second kappa shape index (κ2) is 5.67. The zero-order valence-electron chi connectivity index (χ0n) is 11.1. The highest BCUT2D eigenvalue weighted by Gasteiger charge is 2.21. The van der Waals surface area contributed by atoms with E-state index >= 15 is 0 Å². The average Bonchev–Trinajstić information content (AvgIpc) is 2.64. The molecular weight excluding hydrogens is 202 g/mol. The van der Waals surface area contributed by atoms with Gasteiger partial charge in [0.1, 0.15) is 5.60 Å². The first-order valence-electron chi connectivity index (χ1n) is 6.30. The minimum atomic E-state index is -0.358. The van der Waals surface area contributed by atoms with Crippen molar-refractivity contribution in [3.63, 3.8) is 0 Å². The fraction of sp³-hybridized carbons (Fsp3) is 0.923. The molecule has 0 heterocycles. The van der Waals surface area contributed by atoms with Crippen LogP contribution >= 0.6 is 0 Å². The van der Waals surface area contributed by atoms with Crippen molar-refractivity contribution >= 4 is 5.97 Å². The summed E-state index contributed by atoms with van der Waals surface area (Å²) >= 11 is 0. The van der Waals surface area contributed by atoms with Gasteiger partial charge >= 0.3 is 5.97 Å². The molecule has 0 aromatic heterocycles. The van der Waals surface area contributed by atoms with E-state index in [4.69, 9.17) is 4.74 Å². The van der Waals surface area contributed by atoms with E-state index in [1.165, 1.54) is 25.7 Å². The first-order valence-corrected chi connectivity index (χ1v) is 6.30. The summed E-state index contributed by atoms with van der Waals surface area (Å²) in [5, 5.41) is 0. The third-order valence-electron chi connectivity index (χ3n) is 3.04.